The Hall–Kier alpha value is -11.3. The first-order valence-corrected chi connectivity index (χ1v) is 28.7. The summed E-state index contributed by atoms with van der Waals surface area (Å²) in [5, 5.41) is 2.30. The van der Waals surface area contributed by atoms with Gasteiger partial charge in [-0.3, -0.25) is 0 Å². The lowest BCUT2D eigenvalue weighted by atomic mass is 9.90. The number of fused-ring (bicyclic) bond motifs is 3. The normalized spacial score (nSPS) is 11.5. The summed E-state index contributed by atoms with van der Waals surface area (Å²) in [6, 6.07) is 106. The smallest absolute Gasteiger partial charge is 0.164 e. The van der Waals surface area contributed by atoms with Crippen molar-refractivity contribution in [2.75, 3.05) is 0 Å². The summed E-state index contributed by atoms with van der Waals surface area (Å²) < 4.78 is 2.62. The van der Waals surface area contributed by atoms with Crippen LogP contribution in [0.5, 0.6) is 0 Å². The minimum atomic E-state index is 0.553. The highest BCUT2D eigenvalue weighted by Crippen LogP contribution is 2.52. The molecule has 2 heterocycles. The van der Waals surface area contributed by atoms with Crippen LogP contribution in [0.1, 0.15) is 5.56 Å². The Kier molecular flexibility index (Phi) is 14.0. The molecule has 0 aliphatic heterocycles. The van der Waals surface area contributed by atoms with Crippen LogP contribution in [0.25, 0.3) is 145 Å². The number of nitrogens with zero attached hydrogens (tertiary/aromatic N) is 4. The fourth-order valence-electron chi connectivity index (χ4n) is 12.0. The quantitative estimate of drug-likeness (QED) is 0.102. The van der Waals surface area contributed by atoms with E-state index in [1.807, 2.05) is 54.6 Å². The van der Waals surface area contributed by atoms with Crippen molar-refractivity contribution in [1.82, 2.24) is 19.5 Å². The predicted octanol–water partition coefficient (Wildman–Crippen LogP) is 21.4. The van der Waals surface area contributed by atoms with Gasteiger partial charge in [0.2, 0.25) is 0 Å². The monoisotopic (exact) mass is 1080 g/mol. The van der Waals surface area contributed by atoms with Crippen molar-refractivity contribution in [2.45, 2.75) is 0 Å². The Morgan fingerprint density at radius 1 is 0.282 bits per heavy atom. The second-order valence-corrected chi connectivity index (χ2v) is 21.1. The van der Waals surface area contributed by atoms with Crippen LogP contribution in [0.3, 0.4) is 0 Å². The van der Waals surface area contributed by atoms with Crippen LogP contribution in [-0.4, -0.2) is 19.5 Å². The molecule has 0 aliphatic rings. The highest BCUT2D eigenvalue weighted by molar-refractivity contribution is 6.26. The van der Waals surface area contributed by atoms with Crippen molar-refractivity contribution in [2.24, 2.45) is 0 Å². The lowest BCUT2D eigenvalue weighted by Crippen LogP contribution is -2.05. The maximum absolute atomic E-state index is 5.42. The molecule has 0 spiro atoms. The molecule has 0 aliphatic carbocycles. The van der Waals surface area contributed by atoms with Gasteiger partial charge in [0, 0.05) is 49.7 Å². The number of hydrogen-bond acceptors (Lipinski definition) is 3. The van der Waals surface area contributed by atoms with Crippen LogP contribution in [0.15, 0.2) is 329 Å². The minimum absolute atomic E-state index is 0.553. The molecule has 0 amide bonds. The molecule has 0 atom stereocenters. The first kappa shape index (κ1) is 51.8. The molecule has 0 N–H and O–H groups in total. The van der Waals surface area contributed by atoms with Crippen LogP contribution in [0.4, 0.5) is 0 Å². The first-order chi connectivity index (χ1) is 42.1. The van der Waals surface area contributed by atoms with E-state index in [9.17, 15) is 0 Å². The Morgan fingerprint density at radius 2 is 0.576 bits per heavy atom. The highest BCUT2D eigenvalue weighted by Gasteiger charge is 2.29. The van der Waals surface area contributed by atoms with E-state index < -0.39 is 0 Å². The van der Waals surface area contributed by atoms with Gasteiger partial charge in [-0.05, 0) is 78.9 Å². The third kappa shape index (κ3) is 9.88. The van der Waals surface area contributed by atoms with Crippen molar-refractivity contribution in [3.8, 4) is 118 Å². The van der Waals surface area contributed by atoms with E-state index in [1.165, 1.54) is 0 Å². The largest absolute Gasteiger partial charge is 0.307 e. The van der Waals surface area contributed by atoms with E-state index >= 15 is 0 Å². The minimum Gasteiger partial charge on any atom is -0.307 e. The Bertz CT molecular complexity index is 4570. The number of rotatable bonds is 14. The van der Waals surface area contributed by atoms with Crippen molar-refractivity contribution in [3.05, 3.63) is 334 Å². The molecule has 4 nitrogen and oxygen atoms in total. The van der Waals surface area contributed by atoms with Gasteiger partial charge in [-0.25, -0.2) is 15.0 Å². The topological polar surface area (TPSA) is 43.6 Å². The second-order valence-electron chi connectivity index (χ2n) is 21.1. The number of hydrogen-bond donors (Lipinski definition) is 0. The molecular weight excluding hydrogens is 1030 g/mol. The molecule has 14 aromatic rings. The molecule has 14 rings (SSSR count). The van der Waals surface area contributed by atoms with E-state index in [0.717, 1.165) is 133 Å². The van der Waals surface area contributed by atoms with Gasteiger partial charge in [0.25, 0.3) is 0 Å². The number of benzene rings is 12. The SMILES string of the molecule is C=C/C=C(\C=C)c1ccc(-c2cc(-c3nc(-c4ccccc4)nc(-c4ccccc4)n3)cc(-c3ccc(-c4ccccc4)cc3)c2-n2c3c(-c4ccccc4)ccc(-c4ccccc4)c3c3c(-c4ccccc4)ccc(-c4ccccc4)c32)cc1. The standard InChI is InChI=1S/C81H56N4/c1-3-26-55(4-2)57-41-45-63(46-42-57)72-53-67(81-83-79(65-37-22-10-23-38-65)82-80(84-81)66-39-24-11-25-40-66)54-73(64-47-43-58(44-48-64)56-27-12-5-13-28-56)76(72)85-77-70(61-33-18-8-19-34-61)51-49-68(59-29-14-6-15-30-59)74(77)75-69(60-31-16-7-17-32-60)50-52-71(78(75)85)62-35-20-9-21-36-62/h3-54H,1-2H2/b55-26+. The van der Waals surface area contributed by atoms with Crippen molar-refractivity contribution in [1.29, 1.82) is 0 Å². The third-order valence-electron chi connectivity index (χ3n) is 16.0. The lowest BCUT2D eigenvalue weighted by Gasteiger charge is -2.23. The van der Waals surface area contributed by atoms with Crippen molar-refractivity contribution >= 4 is 27.4 Å². The summed E-state index contributed by atoms with van der Waals surface area (Å²) in [6.07, 6.45) is 5.70. The summed E-state index contributed by atoms with van der Waals surface area (Å²) in [6.45, 7) is 8.25. The van der Waals surface area contributed by atoms with E-state index in [1.54, 1.807) is 0 Å². The Labute approximate surface area is 496 Å². The molecule has 12 aromatic carbocycles. The molecule has 400 valence electrons. The third-order valence-corrected chi connectivity index (χ3v) is 16.0. The van der Waals surface area contributed by atoms with E-state index in [-0.39, 0.29) is 0 Å². The first-order valence-electron chi connectivity index (χ1n) is 28.7. The molecule has 0 saturated carbocycles. The van der Waals surface area contributed by atoms with Gasteiger partial charge in [-0.2, -0.15) is 0 Å². The van der Waals surface area contributed by atoms with E-state index in [2.05, 4.69) is 279 Å². The average molecular weight is 1090 g/mol. The zero-order valence-corrected chi connectivity index (χ0v) is 46.7. The van der Waals surface area contributed by atoms with E-state index in [0.29, 0.717) is 17.5 Å². The lowest BCUT2D eigenvalue weighted by molar-refractivity contribution is 1.07. The predicted molar refractivity (Wildman–Crippen MR) is 357 cm³/mol. The number of aromatic nitrogens is 4. The zero-order valence-electron chi connectivity index (χ0n) is 46.7. The fourth-order valence-corrected chi connectivity index (χ4v) is 12.0. The summed E-state index contributed by atoms with van der Waals surface area (Å²) >= 11 is 0. The Balaban J connectivity index is 1.21. The van der Waals surface area contributed by atoms with Gasteiger partial charge in [0.05, 0.1) is 16.7 Å². The zero-order chi connectivity index (χ0) is 57.1. The molecule has 0 unspecified atom stereocenters. The van der Waals surface area contributed by atoms with Crippen LogP contribution in [-0.2, 0) is 0 Å². The van der Waals surface area contributed by atoms with Gasteiger partial charge in [0.15, 0.2) is 17.5 Å². The molecule has 0 fully saturated rings. The molecule has 0 radical (unpaired) electrons. The molecule has 4 heteroatoms. The van der Waals surface area contributed by atoms with Crippen LogP contribution in [0.2, 0.25) is 0 Å². The van der Waals surface area contributed by atoms with Crippen molar-refractivity contribution < 1.29 is 0 Å². The second kappa shape index (κ2) is 22.9. The van der Waals surface area contributed by atoms with Gasteiger partial charge in [-0.15, -0.1) is 0 Å². The highest BCUT2D eigenvalue weighted by atomic mass is 15.0. The molecule has 2 aromatic heterocycles. The average Bonchev–Trinajstić information content (AvgIpc) is 1.70. The summed E-state index contributed by atoms with van der Waals surface area (Å²) in [7, 11) is 0. The molecule has 0 saturated heterocycles. The van der Waals surface area contributed by atoms with E-state index in [4.69, 9.17) is 15.0 Å². The van der Waals surface area contributed by atoms with Crippen LogP contribution >= 0.6 is 0 Å². The van der Waals surface area contributed by atoms with Crippen LogP contribution < -0.4 is 0 Å². The maximum Gasteiger partial charge on any atom is 0.164 e. The fraction of sp³-hybridized carbons (Fsp3) is 0. The summed E-state index contributed by atoms with van der Waals surface area (Å²) in [5.74, 6) is 1.73. The van der Waals surface area contributed by atoms with Gasteiger partial charge >= 0.3 is 0 Å². The van der Waals surface area contributed by atoms with Gasteiger partial charge < -0.3 is 4.57 Å². The Morgan fingerprint density at radius 3 is 0.953 bits per heavy atom. The summed E-state index contributed by atoms with van der Waals surface area (Å²) in [4.78, 5) is 16.0. The molecule has 85 heavy (non-hydrogen) atoms. The number of allylic oxidation sites excluding steroid dienone is 4. The molecule has 0 bridgehead atoms. The van der Waals surface area contributed by atoms with Gasteiger partial charge in [0.1, 0.15) is 0 Å². The van der Waals surface area contributed by atoms with Crippen molar-refractivity contribution in [3.63, 3.8) is 0 Å². The van der Waals surface area contributed by atoms with Gasteiger partial charge in [-0.1, -0.05) is 317 Å². The summed E-state index contributed by atoms with van der Waals surface area (Å²) in [5.41, 5.74) is 23.0. The maximum atomic E-state index is 5.42. The molecular formula is C81H56N4. The van der Waals surface area contributed by atoms with Crippen LogP contribution in [0, 0.1) is 0 Å².